The molecule has 184 valence electrons. The van der Waals surface area contributed by atoms with E-state index in [2.05, 4.69) is 5.32 Å². The molecule has 36 heavy (non-hydrogen) atoms. The van der Waals surface area contributed by atoms with Crippen LogP contribution in [0.25, 0.3) is 6.08 Å². The lowest BCUT2D eigenvalue weighted by Crippen LogP contribution is -2.54. The molecule has 1 aliphatic rings. The highest BCUT2D eigenvalue weighted by Gasteiger charge is 2.36. The van der Waals surface area contributed by atoms with E-state index in [1.165, 1.54) is 36.4 Å². The molecule has 1 aliphatic heterocycles. The molecular weight excluding hydrogens is 507 g/mol. The zero-order valence-corrected chi connectivity index (χ0v) is 20.5. The van der Waals surface area contributed by atoms with Crippen LogP contribution in [0.5, 0.6) is 17.2 Å². The molecule has 0 spiro atoms. The van der Waals surface area contributed by atoms with Gasteiger partial charge in [-0.2, -0.15) is 0 Å². The standard InChI is InChI=1S/C26H20Cl2N2O6/c1-2-35-22-13-15(12-21(28)23(22)36-14-16-5-3-4-6-20(16)27)11-19-24(32)29-26(34)30(25(19)33)17-7-9-18(31)10-8-17/h3-13,31H,2,14H2,1H3,(H,29,32,34)/b19-11+. The number of rotatable bonds is 7. The number of phenols is 1. The lowest BCUT2D eigenvalue weighted by Gasteiger charge is -2.26. The predicted molar refractivity (Wildman–Crippen MR) is 136 cm³/mol. The minimum Gasteiger partial charge on any atom is -0.508 e. The van der Waals surface area contributed by atoms with E-state index >= 15 is 0 Å². The molecule has 0 radical (unpaired) electrons. The summed E-state index contributed by atoms with van der Waals surface area (Å²) in [6, 6.07) is 14.8. The molecule has 4 rings (SSSR count). The second-order valence-corrected chi connectivity index (χ2v) is 8.43. The number of urea groups is 1. The second-order valence-electron chi connectivity index (χ2n) is 7.62. The molecule has 4 amide bonds. The molecule has 0 bridgehead atoms. The lowest BCUT2D eigenvalue weighted by molar-refractivity contribution is -0.122. The summed E-state index contributed by atoms with van der Waals surface area (Å²) < 4.78 is 11.6. The van der Waals surface area contributed by atoms with Crippen LogP contribution < -0.4 is 19.7 Å². The molecule has 2 N–H and O–H groups in total. The van der Waals surface area contributed by atoms with Gasteiger partial charge in [0, 0.05) is 10.6 Å². The van der Waals surface area contributed by atoms with Crippen molar-refractivity contribution >= 4 is 52.8 Å². The summed E-state index contributed by atoms with van der Waals surface area (Å²) in [4.78, 5) is 38.8. The van der Waals surface area contributed by atoms with Crippen LogP contribution in [0.15, 0.2) is 66.2 Å². The number of anilines is 1. The fourth-order valence-electron chi connectivity index (χ4n) is 3.50. The fraction of sp³-hybridized carbons (Fsp3) is 0.115. The molecule has 3 aromatic carbocycles. The van der Waals surface area contributed by atoms with E-state index in [9.17, 15) is 19.5 Å². The molecule has 0 aromatic heterocycles. The normalized spacial score (nSPS) is 14.7. The van der Waals surface area contributed by atoms with Gasteiger partial charge in [-0.1, -0.05) is 41.4 Å². The third kappa shape index (κ3) is 5.30. The zero-order chi connectivity index (χ0) is 25.8. The quantitative estimate of drug-likeness (QED) is 0.318. The van der Waals surface area contributed by atoms with Crippen LogP contribution in [-0.2, 0) is 16.2 Å². The van der Waals surface area contributed by atoms with Crippen molar-refractivity contribution in [3.63, 3.8) is 0 Å². The van der Waals surface area contributed by atoms with Gasteiger partial charge >= 0.3 is 6.03 Å². The van der Waals surface area contributed by atoms with E-state index in [0.29, 0.717) is 22.9 Å². The van der Waals surface area contributed by atoms with Crippen LogP contribution in [0.2, 0.25) is 10.0 Å². The average Bonchev–Trinajstić information content (AvgIpc) is 2.83. The van der Waals surface area contributed by atoms with Crippen molar-refractivity contribution in [1.29, 1.82) is 0 Å². The fourth-order valence-corrected chi connectivity index (χ4v) is 3.96. The van der Waals surface area contributed by atoms with Crippen LogP contribution in [0.1, 0.15) is 18.1 Å². The number of ether oxygens (including phenoxy) is 2. The Morgan fingerprint density at radius 1 is 0.972 bits per heavy atom. The molecule has 0 saturated carbocycles. The highest BCUT2D eigenvalue weighted by Crippen LogP contribution is 2.38. The Labute approximate surface area is 216 Å². The maximum absolute atomic E-state index is 13.1. The predicted octanol–water partition coefficient (Wildman–Crippen LogP) is 5.34. The Balaban J connectivity index is 1.66. The summed E-state index contributed by atoms with van der Waals surface area (Å²) in [6.45, 7) is 2.24. The van der Waals surface area contributed by atoms with E-state index in [1.807, 2.05) is 18.2 Å². The molecule has 1 saturated heterocycles. The van der Waals surface area contributed by atoms with Crippen molar-refractivity contribution in [2.75, 3.05) is 11.5 Å². The Morgan fingerprint density at radius 2 is 1.69 bits per heavy atom. The number of amides is 4. The molecule has 3 aromatic rings. The zero-order valence-electron chi connectivity index (χ0n) is 19.0. The molecular formula is C26H20Cl2N2O6. The number of carbonyl (C=O) groups is 3. The highest BCUT2D eigenvalue weighted by atomic mass is 35.5. The second kappa shape index (κ2) is 10.7. The minimum atomic E-state index is -0.899. The molecule has 10 heteroatoms. The number of hydrogen-bond donors (Lipinski definition) is 2. The molecule has 0 atom stereocenters. The topological polar surface area (TPSA) is 105 Å². The third-order valence-corrected chi connectivity index (χ3v) is 5.83. The van der Waals surface area contributed by atoms with Crippen molar-refractivity contribution in [1.82, 2.24) is 5.32 Å². The number of barbiturate groups is 1. The number of phenolic OH excluding ortho intramolecular Hbond substituents is 1. The highest BCUT2D eigenvalue weighted by molar-refractivity contribution is 6.39. The van der Waals surface area contributed by atoms with Gasteiger partial charge in [0.1, 0.15) is 17.9 Å². The number of halogens is 2. The smallest absolute Gasteiger partial charge is 0.335 e. The Morgan fingerprint density at radius 3 is 2.39 bits per heavy atom. The van der Waals surface area contributed by atoms with Gasteiger partial charge in [-0.05, 0) is 61.0 Å². The van der Waals surface area contributed by atoms with Gasteiger partial charge in [-0.15, -0.1) is 0 Å². The van der Waals surface area contributed by atoms with Gasteiger partial charge < -0.3 is 14.6 Å². The van der Waals surface area contributed by atoms with E-state index < -0.39 is 17.8 Å². The number of hydrogen-bond acceptors (Lipinski definition) is 6. The summed E-state index contributed by atoms with van der Waals surface area (Å²) >= 11 is 12.7. The van der Waals surface area contributed by atoms with Crippen molar-refractivity contribution in [3.05, 3.63) is 87.4 Å². The third-order valence-electron chi connectivity index (χ3n) is 5.18. The van der Waals surface area contributed by atoms with Crippen molar-refractivity contribution in [2.24, 2.45) is 0 Å². The number of nitrogens with zero attached hydrogens (tertiary/aromatic N) is 1. The number of nitrogens with one attached hydrogen (secondary N) is 1. The summed E-state index contributed by atoms with van der Waals surface area (Å²) in [5.41, 5.74) is 1.04. The number of benzene rings is 3. The van der Waals surface area contributed by atoms with Crippen LogP contribution >= 0.6 is 23.2 Å². The molecule has 1 heterocycles. The van der Waals surface area contributed by atoms with Crippen molar-refractivity contribution < 1.29 is 29.0 Å². The first-order chi connectivity index (χ1) is 17.3. The first-order valence-corrected chi connectivity index (χ1v) is 11.6. The van der Waals surface area contributed by atoms with Crippen molar-refractivity contribution in [3.8, 4) is 17.2 Å². The number of aromatic hydroxyl groups is 1. The first-order valence-electron chi connectivity index (χ1n) is 10.8. The minimum absolute atomic E-state index is 0.0367. The summed E-state index contributed by atoms with van der Waals surface area (Å²) in [5, 5.41) is 12.4. The summed E-state index contributed by atoms with van der Waals surface area (Å²) in [5.74, 6) is -1.14. The monoisotopic (exact) mass is 526 g/mol. The summed E-state index contributed by atoms with van der Waals surface area (Å²) in [6.07, 6.45) is 1.31. The van der Waals surface area contributed by atoms with E-state index in [0.717, 1.165) is 10.5 Å². The van der Waals surface area contributed by atoms with Crippen LogP contribution in [0.4, 0.5) is 10.5 Å². The van der Waals surface area contributed by atoms with Gasteiger partial charge in [-0.3, -0.25) is 14.9 Å². The van der Waals surface area contributed by atoms with Crippen LogP contribution in [0, 0.1) is 0 Å². The lowest BCUT2D eigenvalue weighted by atomic mass is 10.1. The van der Waals surface area contributed by atoms with E-state index in [4.69, 9.17) is 32.7 Å². The Bertz CT molecular complexity index is 1370. The maximum Gasteiger partial charge on any atom is 0.335 e. The Hall–Kier alpha value is -4.01. The van der Waals surface area contributed by atoms with Gasteiger partial charge in [0.15, 0.2) is 11.5 Å². The molecule has 1 fully saturated rings. The molecule has 8 nitrogen and oxygen atoms in total. The van der Waals surface area contributed by atoms with Crippen LogP contribution in [-0.4, -0.2) is 29.6 Å². The van der Waals surface area contributed by atoms with Crippen LogP contribution in [0.3, 0.4) is 0 Å². The van der Waals surface area contributed by atoms with Gasteiger partial charge in [0.05, 0.1) is 17.3 Å². The number of imide groups is 2. The first kappa shape index (κ1) is 25.1. The molecule has 0 unspecified atom stereocenters. The SMILES string of the molecule is CCOc1cc(/C=C2\C(=O)NC(=O)N(c3ccc(O)cc3)C2=O)cc(Cl)c1OCc1ccccc1Cl. The Kier molecular flexibility index (Phi) is 7.47. The maximum atomic E-state index is 13.1. The van der Waals surface area contributed by atoms with E-state index in [1.54, 1.807) is 19.1 Å². The largest absolute Gasteiger partial charge is 0.508 e. The van der Waals surface area contributed by atoms with Crippen molar-refractivity contribution in [2.45, 2.75) is 13.5 Å². The van der Waals surface area contributed by atoms with E-state index in [-0.39, 0.29) is 34.4 Å². The average molecular weight is 527 g/mol. The van der Waals surface area contributed by atoms with Gasteiger partial charge in [0.2, 0.25) is 0 Å². The number of carbonyl (C=O) groups excluding carboxylic acids is 3. The molecule has 0 aliphatic carbocycles. The van der Waals surface area contributed by atoms with Gasteiger partial charge in [-0.25, -0.2) is 9.69 Å². The van der Waals surface area contributed by atoms with Gasteiger partial charge in [0.25, 0.3) is 11.8 Å². The summed E-state index contributed by atoms with van der Waals surface area (Å²) in [7, 11) is 0.